The van der Waals surface area contributed by atoms with Gasteiger partial charge in [0.2, 0.25) is 0 Å². The zero-order valence-corrected chi connectivity index (χ0v) is 39.2. The first-order chi connectivity index (χ1) is 31.6. The molecule has 10 rings (SSSR count). The number of alkyl halides is 6. The number of hydrogen-bond acceptors (Lipinski definition) is 4. The van der Waals surface area contributed by atoms with Crippen LogP contribution in [0.5, 0.6) is 0 Å². The van der Waals surface area contributed by atoms with Gasteiger partial charge >= 0.3 is 33.4 Å². The molecular weight excluding hydrogens is 1040 g/mol. The largest absolute Gasteiger partial charge is 2.00 e. The third kappa shape index (κ3) is 8.84. The molecule has 0 aliphatic rings. The third-order valence-electron chi connectivity index (χ3n) is 11.6. The molecule has 0 spiro atoms. The molecule has 0 amide bonds. The molecule has 0 saturated carbocycles. The predicted octanol–water partition coefficient (Wildman–Crippen LogP) is 13.7. The third-order valence-corrected chi connectivity index (χ3v) is 11.6. The number of halogens is 6. The number of aromatic nitrogens is 4. The number of anilines is 1. The number of fused-ring (bicyclic) bond motifs is 6. The maximum Gasteiger partial charge on any atom is 2.00 e. The van der Waals surface area contributed by atoms with Crippen LogP contribution in [0.2, 0.25) is 0 Å². The molecule has 0 fully saturated rings. The van der Waals surface area contributed by atoms with Crippen molar-refractivity contribution in [2.24, 2.45) is 0 Å². The Labute approximate surface area is 397 Å². The molecule has 13 heteroatoms. The molecule has 0 aliphatic heterocycles. The Bertz CT molecular complexity index is 3330. The van der Waals surface area contributed by atoms with Crippen LogP contribution in [0.1, 0.15) is 27.8 Å². The Morgan fingerprint density at radius 2 is 1.03 bits per heavy atom. The first kappa shape index (κ1) is 46.8. The van der Waals surface area contributed by atoms with Gasteiger partial charge in [0.05, 0.1) is 0 Å². The minimum absolute atomic E-state index is 0. The number of nitrogens with zero attached hydrogens (tertiary/aromatic N) is 5. The fraction of sp³-hybridized carbons (Fsp3) is 0.148. The summed E-state index contributed by atoms with van der Waals surface area (Å²) in [6, 6.07) is 46.4. The van der Waals surface area contributed by atoms with Gasteiger partial charge in [-0.3, -0.25) is 0 Å². The molecule has 4 aromatic heterocycles. The zero-order valence-electron chi connectivity index (χ0n) is 36.9. The normalized spacial score (nSPS) is 11.8. The summed E-state index contributed by atoms with van der Waals surface area (Å²) >= 11 is 0. The average Bonchev–Trinajstić information content (AvgIpc) is 3.81. The Kier molecular flexibility index (Phi) is 12.9. The van der Waals surface area contributed by atoms with Crippen LogP contribution in [-0.4, -0.2) is 40.2 Å². The summed E-state index contributed by atoms with van der Waals surface area (Å²) in [5.41, 5.74) is 6.62. The van der Waals surface area contributed by atoms with E-state index in [0.717, 1.165) is 49.9 Å². The molecule has 0 unspecified atom stereocenters. The Morgan fingerprint density at radius 1 is 0.567 bits per heavy atom. The number of benzene rings is 6. The van der Waals surface area contributed by atoms with Crippen molar-refractivity contribution in [1.82, 2.24) is 24.4 Å². The monoisotopic (exact) mass is 1080 g/mol. The Hall–Kier alpha value is -6.75. The summed E-state index contributed by atoms with van der Waals surface area (Å²) in [5.74, 6) is 0. The van der Waals surface area contributed by atoms with E-state index in [4.69, 9.17) is 0 Å². The number of aryl methyl sites for hydroxylation is 2. The molecule has 0 saturated heterocycles. The van der Waals surface area contributed by atoms with E-state index in [2.05, 4.69) is 27.4 Å². The van der Waals surface area contributed by atoms with E-state index in [1.54, 1.807) is 36.9 Å². The van der Waals surface area contributed by atoms with Crippen LogP contribution >= 0.6 is 0 Å². The van der Waals surface area contributed by atoms with E-state index >= 15 is 0 Å². The van der Waals surface area contributed by atoms with Crippen molar-refractivity contribution >= 4 is 49.3 Å². The van der Waals surface area contributed by atoms with Gasteiger partial charge in [-0.25, -0.2) is 0 Å². The molecule has 6 aromatic carbocycles. The number of nitrogens with one attached hydrogen (secondary N) is 1. The van der Waals surface area contributed by atoms with Crippen LogP contribution in [0.4, 0.5) is 32.0 Å². The fourth-order valence-corrected chi connectivity index (χ4v) is 8.77. The van der Waals surface area contributed by atoms with Crippen molar-refractivity contribution in [3.05, 3.63) is 186 Å². The van der Waals surface area contributed by atoms with Crippen LogP contribution in [0.15, 0.2) is 146 Å². The molecule has 0 atom stereocenters. The number of pyridine rings is 2. The first-order valence-corrected chi connectivity index (χ1v) is 21.1. The molecule has 4 heterocycles. The second-order valence-electron chi connectivity index (χ2n) is 16.3. The molecule has 340 valence electrons. The van der Waals surface area contributed by atoms with Gasteiger partial charge in [-0.2, -0.15) is 26.3 Å². The van der Waals surface area contributed by atoms with Gasteiger partial charge in [-0.1, -0.05) is 98.8 Å². The standard InChI is InChI=1S/2C27H21F3N3.Pt/c1-17-14-21(23-16-18(32(2)3)12-13-31-23)26(22(15-17)27(28,29)30)33-24-10-6-4-8-19(24)20-9-5-7-11-25(20)33;1-17-13-19(27(28,29)30)15-22(23-14-18(16-31-2)11-12-32-23)26(17)33-24-9-5-3-7-20(24)21-8-4-6-10-25(21)33;/h4-13,15-16H,1-3H3;3-14,31H,16H2,1-2H3;/q2*-1;+2. The summed E-state index contributed by atoms with van der Waals surface area (Å²) < 4.78 is 88.5. The molecule has 0 aliphatic carbocycles. The van der Waals surface area contributed by atoms with Gasteiger partial charge in [0, 0.05) is 82.3 Å². The van der Waals surface area contributed by atoms with Crippen molar-refractivity contribution in [1.29, 1.82) is 0 Å². The second kappa shape index (κ2) is 18.5. The van der Waals surface area contributed by atoms with Gasteiger partial charge in [0.1, 0.15) is 0 Å². The summed E-state index contributed by atoms with van der Waals surface area (Å²) in [6.45, 7) is 3.92. The molecule has 0 radical (unpaired) electrons. The van der Waals surface area contributed by atoms with Crippen LogP contribution < -0.4 is 10.2 Å². The first-order valence-electron chi connectivity index (χ1n) is 21.1. The smallest absolute Gasteiger partial charge is 0.378 e. The van der Waals surface area contributed by atoms with Crippen molar-refractivity contribution < 1.29 is 47.4 Å². The maximum absolute atomic E-state index is 14.5. The van der Waals surface area contributed by atoms with Crippen molar-refractivity contribution in [2.75, 3.05) is 26.0 Å². The molecule has 67 heavy (non-hydrogen) atoms. The SMILES string of the molecule is CNCc1ccnc(-c2[c-]c(C(F)(F)F)cc(C)c2-n2c3ccccc3c3ccccc32)c1.Cc1[c-]c(-c2cc(N(C)C)ccn2)c(-n2c3ccccc3c3ccccc32)c(C(F)(F)F)c1.[Pt+2]. The van der Waals surface area contributed by atoms with E-state index in [1.165, 1.54) is 6.07 Å². The minimum atomic E-state index is -4.56. The molecule has 6 nitrogen and oxygen atoms in total. The Balaban J connectivity index is 0.000000179. The van der Waals surface area contributed by atoms with Crippen molar-refractivity contribution in [3.63, 3.8) is 0 Å². The van der Waals surface area contributed by atoms with Gasteiger partial charge in [-0.15, -0.1) is 46.5 Å². The summed E-state index contributed by atoms with van der Waals surface area (Å²) in [6.07, 6.45) is -5.83. The van der Waals surface area contributed by atoms with Crippen LogP contribution in [0.3, 0.4) is 0 Å². The van der Waals surface area contributed by atoms with E-state index in [1.807, 2.05) is 146 Å². The zero-order chi connectivity index (χ0) is 46.5. The molecule has 1 N–H and O–H groups in total. The van der Waals surface area contributed by atoms with Gasteiger partial charge in [-0.05, 0) is 82.9 Å². The Morgan fingerprint density at radius 3 is 1.51 bits per heavy atom. The minimum Gasteiger partial charge on any atom is -0.378 e. The van der Waals surface area contributed by atoms with Gasteiger partial charge in [0.25, 0.3) is 0 Å². The maximum atomic E-state index is 14.5. The van der Waals surface area contributed by atoms with Crippen molar-refractivity contribution in [3.8, 4) is 33.9 Å². The molecular formula is C54H42F6N6Pt. The van der Waals surface area contributed by atoms with Crippen LogP contribution in [0.25, 0.3) is 77.5 Å². The van der Waals surface area contributed by atoms with Crippen LogP contribution in [0, 0.1) is 26.0 Å². The number of rotatable bonds is 7. The number of para-hydroxylation sites is 4. The molecule has 0 bridgehead atoms. The van der Waals surface area contributed by atoms with Crippen LogP contribution in [-0.2, 0) is 40.0 Å². The quantitative estimate of drug-likeness (QED) is 0.128. The van der Waals surface area contributed by atoms with Gasteiger partial charge < -0.3 is 29.3 Å². The predicted molar refractivity (Wildman–Crippen MR) is 252 cm³/mol. The summed E-state index contributed by atoms with van der Waals surface area (Å²) in [5, 5.41) is 6.93. The van der Waals surface area contributed by atoms with E-state index in [-0.39, 0.29) is 26.8 Å². The van der Waals surface area contributed by atoms with E-state index in [0.29, 0.717) is 56.9 Å². The summed E-state index contributed by atoms with van der Waals surface area (Å²) in [4.78, 5) is 10.8. The van der Waals surface area contributed by atoms with E-state index in [9.17, 15) is 26.3 Å². The topological polar surface area (TPSA) is 50.9 Å². The molecule has 10 aromatic rings. The second-order valence-corrected chi connectivity index (χ2v) is 16.3. The summed E-state index contributed by atoms with van der Waals surface area (Å²) in [7, 11) is 5.59. The number of hydrogen-bond donors (Lipinski definition) is 1. The van der Waals surface area contributed by atoms with E-state index < -0.39 is 23.5 Å². The van der Waals surface area contributed by atoms with Gasteiger partial charge in [0.15, 0.2) is 0 Å². The van der Waals surface area contributed by atoms with Crippen molar-refractivity contribution in [2.45, 2.75) is 32.7 Å². The average molecular weight is 1080 g/mol. The fourth-order valence-electron chi connectivity index (χ4n) is 8.77.